The summed E-state index contributed by atoms with van der Waals surface area (Å²) in [6, 6.07) is 17.5. The summed E-state index contributed by atoms with van der Waals surface area (Å²) in [5.41, 5.74) is 7.35. The summed E-state index contributed by atoms with van der Waals surface area (Å²) in [6.45, 7) is 0.418. The maximum atomic E-state index is 12.1. The Morgan fingerprint density at radius 1 is 0.966 bits per heavy atom. The Morgan fingerprint density at radius 3 is 2.34 bits per heavy atom. The Balaban J connectivity index is 1.43. The Kier molecular flexibility index (Phi) is 6.36. The molecule has 29 heavy (non-hydrogen) atoms. The van der Waals surface area contributed by atoms with E-state index in [9.17, 15) is 14.4 Å². The number of benzene rings is 2. The molecule has 0 saturated heterocycles. The summed E-state index contributed by atoms with van der Waals surface area (Å²) < 4.78 is 1.53. The lowest BCUT2D eigenvalue weighted by Gasteiger charge is -2.08. The molecule has 0 aliphatic carbocycles. The van der Waals surface area contributed by atoms with Crippen molar-refractivity contribution in [1.82, 2.24) is 15.1 Å². The molecule has 8 heteroatoms. The Bertz CT molecular complexity index is 997. The monoisotopic (exact) mass is 391 g/mol. The van der Waals surface area contributed by atoms with E-state index >= 15 is 0 Å². The fraction of sp³-hybridized carbons (Fsp3) is 0.143. The van der Waals surface area contributed by atoms with Gasteiger partial charge in [0.05, 0.1) is 5.69 Å². The average Bonchev–Trinajstić information content (AvgIpc) is 3.23. The van der Waals surface area contributed by atoms with E-state index in [0.29, 0.717) is 24.2 Å². The van der Waals surface area contributed by atoms with Gasteiger partial charge in [-0.1, -0.05) is 18.2 Å². The van der Waals surface area contributed by atoms with Crippen molar-refractivity contribution in [2.75, 3.05) is 11.9 Å². The predicted octanol–water partition coefficient (Wildman–Crippen LogP) is 2.12. The SMILES string of the molecule is NC(=O)c1ccn(-c2ccc(NC(=O)CCCNC(=O)c3ccccc3)cc2)n1. The van der Waals surface area contributed by atoms with E-state index in [4.69, 9.17) is 5.73 Å². The van der Waals surface area contributed by atoms with Crippen LogP contribution in [0.25, 0.3) is 5.69 Å². The van der Waals surface area contributed by atoms with Crippen molar-refractivity contribution < 1.29 is 14.4 Å². The van der Waals surface area contributed by atoms with Gasteiger partial charge in [-0.3, -0.25) is 14.4 Å². The molecule has 1 heterocycles. The summed E-state index contributed by atoms with van der Waals surface area (Å²) in [7, 11) is 0. The maximum absolute atomic E-state index is 12.1. The minimum atomic E-state index is -0.590. The highest BCUT2D eigenvalue weighted by Gasteiger charge is 2.08. The van der Waals surface area contributed by atoms with Crippen LogP contribution in [0.15, 0.2) is 66.9 Å². The zero-order valence-electron chi connectivity index (χ0n) is 15.7. The first-order chi connectivity index (χ1) is 14.0. The predicted molar refractivity (Wildman–Crippen MR) is 109 cm³/mol. The molecule has 0 aliphatic rings. The molecule has 0 aliphatic heterocycles. The number of rotatable bonds is 8. The van der Waals surface area contributed by atoms with Gasteiger partial charge in [0.2, 0.25) is 5.91 Å². The molecule has 2 aromatic carbocycles. The number of aromatic nitrogens is 2. The van der Waals surface area contributed by atoms with Gasteiger partial charge >= 0.3 is 0 Å². The highest BCUT2D eigenvalue weighted by molar-refractivity contribution is 5.94. The number of anilines is 1. The molecule has 4 N–H and O–H groups in total. The molecule has 0 bridgehead atoms. The van der Waals surface area contributed by atoms with Gasteiger partial charge in [0.15, 0.2) is 0 Å². The number of carbonyl (C=O) groups excluding carboxylic acids is 3. The molecule has 3 rings (SSSR count). The first-order valence-corrected chi connectivity index (χ1v) is 9.12. The van der Waals surface area contributed by atoms with Crippen LogP contribution in [0.4, 0.5) is 5.69 Å². The number of carbonyl (C=O) groups is 3. The van der Waals surface area contributed by atoms with Crippen LogP contribution in [0, 0.1) is 0 Å². The molecule has 148 valence electrons. The van der Waals surface area contributed by atoms with Crippen LogP contribution in [0.3, 0.4) is 0 Å². The standard InChI is InChI=1S/C21H21N5O3/c22-20(28)18-12-14-26(25-18)17-10-8-16(9-11-17)24-19(27)7-4-13-23-21(29)15-5-2-1-3-6-15/h1-3,5-6,8-12,14H,4,7,13H2,(H2,22,28)(H,23,29)(H,24,27). The van der Waals surface area contributed by atoms with Crippen LogP contribution in [0.1, 0.15) is 33.7 Å². The third-order valence-electron chi connectivity index (χ3n) is 4.16. The van der Waals surface area contributed by atoms with Crippen molar-refractivity contribution in [2.45, 2.75) is 12.8 Å². The maximum Gasteiger partial charge on any atom is 0.269 e. The van der Waals surface area contributed by atoms with E-state index in [0.717, 1.165) is 5.69 Å². The van der Waals surface area contributed by atoms with Gasteiger partial charge in [0.1, 0.15) is 5.69 Å². The second-order valence-electron chi connectivity index (χ2n) is 6.33. The number of primary amides is 1. The molecule has 3 amide bonds. The van der Waals surface area contributed by atoms with Crippen LogP contribution < -0.4 is 16.4 Å². The third-order valence-corrected chi connectivity index (χ3v) is 4.16. The van der Waals surface area contributed by atoms with Gasteiger partial charge in [-0.2, -0.15) is 5.10 Å². The van der Waals surface area contributed by atoms with E-state index in [1.807, 2.05) is 6.07 Å². The number of hydrogen-bond donors (Lipinski definition) is 3. The summed E-state index contributed by atoms with van der Waals surface area (Å²) >= 11 is 0. The fourth-order valence-electron chi connectivity index (χ4n) is 2.66. The minimum absolute atomic E-state index is 0.137. The van der Waals surface area contributed by atoms with Gasteiger partial charge in [-0.15, -0.1) is 0 Å². The molecule has 0 unspecified atom stereocenters. The van der Waals surface area contributed by atoms with Crippen molar-refractivity contribution >= 4 is 23.4 Å². The summed E-state index contributed by atoms with van der Waals surface area (Å²) in [4.78, 5) is 35.1. The van der Waals surface area contributed by atoms with Crippen molar-refractivity contribution in [3.63, 3.8) is 0 Å². The van der Waals surface area contributed by atoms with Crippen molar-refractivity contribution in [1.29, 1.82) is 0 Å². The molecule has 8 nitrogen and oxygen atoms in total. The van der Waals surface area contributed by atoms with E-state index in [2.05, 4.69) is 15.7 Å². The Hall–Kier alpha value is -3.94. The molecule has 0 radical (unpaired) electrons. The van der Waals surface area contributed by atoms with E-state index < -0.39 is 5.91 Å². The highest BCUT2D eigenvalue weighted by Crippen LogP contribution is 2.13. The summed E-state index contributed by atoms with van der Waals surface area (Å²) in [6.07, 6.45) is 2.46. The topological polar surface area (TPSA) is 119 Å². The molecule has 0 spiro atoms. The molecular weight excluding hydrogens is 370 g/mol. The number of nitrogens with two attached hydrogens (primary N) is 1. The van der Waals surface area contributed by atoms with Gasteiger partial charge in [0, 0.05) is 30.4 Å². The smallest absolute Gasteiger partial charge is 0.269 e. The second-order valence-corrected chi connectivity index (χ2v) is 6.33. The van der Waals surface area contributed by atoms with Crippen LogP contribution in [-0.4, -0.2) is 34.0 Å². The van der Waals surface area contributed by atoms with Crippen molar-refractivity contribution in [3.8, 4) is 5.69 Å². The van der Waals surface area contributed by atoms with Gasteiger partial charge < -0.3 is 16.4 Å². The fourth-order valence-corrected chi connectivity index (χ4v) is 2.66. The summed E-state index contributed by atoms with van der Waals surface area (Å²) in [5, 5.41) is 9.68. The largest absolute Gasteiger partial charge is 0.364 e. The van der Waals surface area contributed by atoms with Crippen LogP contribution in [-0.2, 0) is 4.79 Å². The van der Waals surface area contributed by atoms with Crippen LogP contribution in [0.5, 0.6) is 0 Å². The lowest BCUT2D eigenvalue weighted by atomic mass is 10.2. The second kappa shape index (κ2) is 9.32. The first-order valence-electron chi connectivity index (χ1n) is 9.12. The minimum Gasteiger partial charge on any atom is -0.364 e. The Morgan fingerprint density at radius 2 is 1.69 bits per heavy atom. The number of nitrogens with one attached hydrogen (secondary N) is 2. The third kappa shape index (κ3) is 5.52. The molecule has 0 fully saturated rings. The van der Waals surface area contributed by atoms with Gasteiger partial charge in [-0.25, -0.2) is 4.68 Å². The zero-order chi connectivity index (χ0) is 20.6. The van der Waals surface area contributed by atoms with Gasteiger partial charge in [0.25, 0.3) is 11.8 Å². The highest BCUT2D eigenvalue weighted by atomic mass is 16.2. The average molecular weight is 391 g/mol. The molecule has 3 aromatic rings. The first kappa shape index (κ1) is 19.8. The van der Waals surface area contributed by atoms with E-state index in [1.54, 1.807) is 54.7 Å². The molecule has 0 saturated carbocycles. The van der Waals surface area contributed by atoms with Crippen LogP contribution >= 0.6 is 0 Å². The van der Waals surface area contributed by atoms with E-state index in [1.165, 1.54) is 10.7 Å². The normalized spacial score (nSPS) is 10.3. The molecular formula is C21H21N5O3. The quantitative estimate of drug-likeness (QED) is 0.510. The van der Waals surface area contributed by atoms with E-state index in [-0.39, 0.29) is 23.9 Å². The van der Waals surface area contributed by atoms with Gasteiger partial charge in [-0.05, 0) is 48.9 Å². The number of amides is 3. The van der Waals surface area contributed by atoms with Crippen LogP contribution in [0.2, 0.25) is 0 Å². The lowest BCUT2D eigenvalue weighted by molar-refractivity contribution is -0.116. The summed E-state index contributed by atoms with van der Waals surface area (Å²) in [5.74, 6) is -0.880. The van der Waals surface area contributed by atoms with Crippen molar-refractivity contribution in [3.05, 3.63) is 78.1 Å². The number of hydrogen-bond acceptors (Lipinski definition) is 4. The number of nitrogens with zero attached hydrogens (tertiary/aromatic N) is 2. The zero-order valence-corrected chi connectivity index (χ0v) is 15.7. The van der Waals surface area contributed by atoms with Crippen molar-refractivity contribution in [2.24, 2.45) is 5.73 Å². The molecule has 0 atom stereocenters. The molecule has 1 aromatic heterocycles. The Labute approximate surface area is 167 Å². The lowest BCUT2D eigenvalue weighted by Crippen LogP contribution is -2.25.